The summed E-state index contributed by atoms with van der Waals surface area (Å²) in [6.45, 7) is 2.60. The zero-order chi connectivity index (χ0) is 24.3. The van der Waals surface area contributed by atoms with Crippen LogP contribution in [-0.4, -0.2) is 48.7 Å². The summed E-state index contributed by atoms with van der Waals surface area (Å²) < 4.78 is 49.2. The fourth-order valence-electron chi connectivity index (χ4n) is 4.62. The molecule has 1 aromatic carbocycles. The summed E-state index contributed by atoms with van der Waals surface area (Å²) in [6, 6.07) is 7.68. The van der Waals surface area contributed by atoms with Gasteiger partial charge in [-0.15, -0.1) is 0 Å². The quantitative estimate of drug-likeness (QED) is 0.483. The van der Waals surface area contributed by atoms with E-state index in [9.17, 15) is 18.0 Å². The highest BCUT2D eigenvalue weighted by Crippen LogP contribution is 2.38. The van der Waals surface area contributed by atoms with Crippen LogP contribution in [0.15, 0.2) is 36.5 Å². The maximum Gasteiger partial charge on any atom is 0.417 e. The van der Waals surface area contributed by atoms with Crippen LogP contribution in [0.5, 0.6) is 5.88 Å². The van der Waals surface area contributed by atoms with Crippen molar-refractivity contribution in [2.24, 2.45) is 11.8 Å². The number of nitrogens with zero attached hydrogens (tertiary/aromatic N) is 2. The Balaban J connectivity index is 1.43. The van der Waals surface area contributed by atoms with Gasteiger partial charge in [-0.2, -0.15) is 13.2 Å². The Labute approximate surface area is 206 Å². The van der Waals surface area contributed by atoms with Crippen molar-refractivity contribution < 1.29 is 27.4 Å². The van der Waals surface area contributed by atoms with Crippen molar-refractivity contribution in [3.05, 3.63) is 57.7 Å². The van der Waals surface area contributed by atoms with Gasteiger partial charge in [0.1, 0.15) is 0 Å². The molecular weight excluding hydrogens is 492 g/mol. The van der Waals surface area contributed by atoms with Crippen molar-refractivity contribution in [3.63, 3.8) is 0 Å². The molecular formula is C24H25Cl2F3N2O3. The molecule has 2 aliphatic heterocycles. The molecule has 0 saturated carbocycles. The van der Waals surface area contributed by atoms with Gasteiger partial charge < -0.3 is 14.4 Å². The molecule has 2 aliphatic rings. The van der Waals surface area contributed by atoms with Gasteiger partial charge >= 0.3 is 6.18 Å². The molecule has 2 fully saturated rings. The Hall–Kier alpha value is -2.03. The molecule has 2 unspecified atom stereocenters. The fourth-order valence-corrected chi connectivity index (χ4v) is 4.92. The van der Waals surface area contributed by atoms with Gasteiger partial charge in [-0.25, -0.2) is 4.98 Å². The first-order valence-electron chi connectivity index (χ1n) is 11.2. The second-order valence-corrected chi connectivity index (χ2v) is 9.50. The summed E-state index contributed by atoms with van der Waals surface area (Å²) in [5.74, 6) is 0.376. The zero-order valence-corrected chi connectivity index (χ0v) is 19.9. The second kappa shape index (κ2) is 10.7. The van der Waals surface area contributed by atoms with Crippen LogP contribution in [0.1, 0.15) is 36.3 Å². The summed E-state index contributed by atoms with van der Waals surface area (Å²) in [7, 11) is 0. The predicted octanol–water partition coefficient (Wildman–Crippen LogP) is 5.84. The standard InChI is InChI=1S/C24H25Cl2F3N2O3/c25-20-3-1-16(11-21(20)26)19-14-31(23(32)15-5-8-33-9-6-15)13-17(19)7-10-34-22-4-2-18(12-30-22)24(27,28)29/h1-4,11-12,15,17,19H,5-10,13-14H2. The third-order valence-corrected chi connectivity index (χ3v) is 7.24. The van der Waals surface area contributed by atoms with Gasteiger partial charge in [0.15, 0.2) is 0 Å². The first-order chi connectivity index (χ1) is 16.2. The molecule has 3 heterocycles. The van der Waals surface area contributed by atoms with Crippen molar-refractivity contribution in [2.45, 2.75) is 31.4 Å². The van der Waals surface area contributed by atoms with E-state index in [0.29, 0.717) is 42.8 Å². The lowest BCUT2D eigenvalue weighted by Crippen LogP contribution is -2.37. The predicted molar refractivity (Wildman–Crippen MR) is 122 cm³/mol. The van der Waals surface area contributed by atoms with Gasteiger partial charge in [0.2, 0.25) is 11.8 Å². The number of amides is 1. The number of benzene rings is 1. The average molecular weight is 517 g/mol. The van der Waals surface area contributed by atoms with E-state index in [4.69, 9.17) is 32.7 Å². The largest absolute Gasteiger partial charge is 0.478 e. The number of ether oxygens (including phenoxy) is 2. The van der Waals surface area contributed by atoms with Gasteiger partial charge in [0.25, 0.3) is 0 Å². The van der Waals surface area contributed by atoms with E-state index in [2.05, 4.69) is 4.98 Å². The van der Waals surface area contributed by atoms with Crippen molar-refractivity contribution in [3.8, 4) is 5.88 Å². The van der Waals surface area contributed by atoms with E-state index < -0.39 is 11.7 Å². The van der Waals surface area contributed by atoms with E-state index in [0.717, 1.165) is 30.7 Å². The lowest BCUT2D eigenvalue weighted by Gasteiger charge is -2.26. The molecule has 0 spiro atoms. The molecule has 0 N–H and O–H groups in total. The molecule has 184 valence electrons. The maximum atomic E-state index is 13.1. The molecule has 0 radical (unpaired) electrons. The summed E-state index contributed by atoms with van der Waals surface area (Å²) in [5.41, 5.74) is 0.173. The highest BCUT2D eigenvalue weighted by Gasteiger charge is 2.38. The van der Waals surface area contributed by atoms with Gasteiger partial charge in [-0.05, 0) is 48.9 Å². The zero-order valence-electron chi connectivity index (χ0n) is 18.4. The lowest BCUT2D eigenvalue weighted by atomic mass is 9.87. The number of alkyl halides is 3. The summed E-state index contributed by atoms with van der Waals surface area (Å²) >= 11 is 12.3. The van der Waals surface area contributed by atoms with Crippen LogP contribution in [0, 0.1) is 11.8 Å². The van der Waals surface area contributed by atoms with E-state index in [-0.39, 0.29) is 36.1 Å². The van der Waals surface area contributed by atoms with Crippen LogP contribution < -0.4 is 4.74 Å². The molecule has 10 heteroatoms. The van der Waals surface area contributed by atoms with Crippen molar-refractivity contribution in [1.29, 1.82) is 0 Å². The molecule has 0 bridgehead atoms. The third-order valence-electron chi connectivity index (χ3n) is 6.50. The minimum atomic E-state index is -4.44. The van der Waals surface area contributed by atoms with Crippen LogP contribution in [-0.2, 0) is 15.7 Å². The third kappa shape index (κ3) is 5.96. The smallest absolute Gasteiger partial charge is 0.417 e. The highest BCUT2D eigenvalue weighted by molar-refractivity contribution is 6.42. The molecule has 2 aromatic rings. The van der Waals surface area contributed by atoms with Crippen LogP contribution in [0.25, 0.3) is 0 Å². The first-order valence-corrected chi connectivity index (χ1v) is 12.0. The lowest BCUT2D eigenvalue weighted by molar-refractivity contribution is -0.138. The van der Waals surface area contributed by atoms with Crippen LogP contribution in [0.3, 0.4) is 0 Å². The van der Waals surface area contributed by atoms with Gasteiger partial charge in [-0.3, -0.25) is 4.79 Å². The molecule has 1 aromatic heterocycles. The van der Waals surface area contributed by atoms with E-state index >= 15 is 0 Å². The minimum Gasteiger partial charge on any atom is -0.478 e. The molecule has 2 atom stereocenters. The van der Waals surface area contributed by atoms with Crippen LogP contribution in [0.2, 0.25) is 10.0 Å². The van der Waals surface area contributed by atoms with Crippen LogP contribution in [0.4, 0.5) is 13.2 Å². The number of likely N-dealkylation sites (tertiary alicyclic amines) is 1. The summed E-state index contributed by atoms with van der Waals surface area (Å²) in [5, 5.41) is 0.921. The molecule has 1 amide bonds. The average Bonchev–Trinajstić information content (AvgIpc) is 3.25. The Morgan fingerprint density at radius 2 is 1.88 bits per heavy atom. The maximum absolute atomic E-state index is 13.1. The molecule has 0 aliphatic carbocycles. The number of carbonyl (C=O) groups excluding carboxylic acids is 1. The molecule has 34 heavy (non-hydrogen) atoms. The van der Waals surface area contributed by atoms with E-state index in [1.165, 1.54) is 6.07 Å². The van der Waals surface area contributed by atoms with Crippen molar-refractivity contribution >= 4 is 29.1 Å². The SMILES string of the molecule is O=C(C1CCOCC1)N1CC(CCOc2ccc(C(F)(F)F)cn2)C(c2ccc(Cl)c(Cl)c2)C1. The van der Waals surface area contributed by atoms with Gasteiger partial charge in [-0.1, -0.05) is 29.3 Å². The highest BCUT2D eigenvalue weighted by atomic mass is 35.5. The fraction of sp³-hybridized carbons (Fsp3) is 0.500. The second-order valence-electron chi connectivity index (χ2n) is 8.69. The van der Waals surface area contributed by atoms with Gasteiger partial charge in [0, 0.05) is 50.4 Å². The van der Waals surface area contributed by atoms with Gasteiger partial charge in [0.05, 0.1) is 22.2 Å². The Morgan fingerprint density at radius 1 is 1.12 bits per heavy atom. The molecule has 2 saturated heterocycles. The first kappa shape index (κ1) is 25.1. The number of rotatable bonds is 6. The Morgan fingerprint density at radius 3 is 2.53 bits per heavy atom. The monoisotopic (exact) mass is 516 g/mol. The number of hydrogen-bond donors (Lipinski definition) is 0. The van der Waals surface area contributed by atoms with Crippen molar-refractivity contribution in [2.75, 3.05) is 32.9 Å². The Bertz CT molecular complexity index is 998. The number of aromatic nitrogens is 1. The number of pyridine rings is 1. The summed E-state index contributed by atoms with van der Waals surface area (Å²) in [6.07, 6.45) is -1.63. The normalized spacial score (nSPS) is 21.6. The van der Waals surface area contributed by atoms with Crippen LogP contribution >= 0.6 is 23.2 Å². The number of hydrogen-bond acceptors (Lipinski definition) is 4. The Kier molecular flexibility index (Phi) is 7.90. The summed E-state index contributed by atoms with van der Waals surface area (Å²) in [4.78, 5) is 18.8. The molecule has 4 rings (SSSR count). The minimum absolute atomic E-state index is 0.0328. The van der Waals surface area contributed by atoms with E-state index in [1.54, 1.807) is 6.07 Å². The van der Waals surface area contributed by atoms with E-state index in [1.807, 2.05) is 17.0 Å². The number of carbonyl (C=O) groups is 1. The van der Waals surface area contributed by atoms with Crippen molar-refractivity contribution in [1.82, 2.24) is 9.88 Å². The molecule has 5 nitrogen and oxygen atoms in total. The number of halogens is 5. The topological polar surface area (TPSA) is 51.7 Å².